The lowest BCUT2D eigenvalue weighted by atomic mass is 9.69. The first-order chi connectivity index (χ1) is 11.1. The Balaban J connectivity index is 2.00. The zero-order valence-corrected chi connectivity index (χ0v) is 13.3. The third kappa shape index (κ3) is 1.85. The molecule has 1 N–H and O–H groups in total. The molecule has 4 atom stereocenters. The molecule has 1 aliphatic carbocycles. The fourth-order valence-electron chi connectivity index (χ4n) is 4.27. The molecule has 0 bridgehead atoms. The predicted octanol–water partition coefficient (Wildman–Crippen LogP) is 1.91. The van der Waals surface area contributed by atoms with Crippen molar-refractivity contribution in [2.75, 3.05) is 20.7 Å². The van der Waals surface area contributed by atoms with Gasteiger partial charge in [0, 0.05) is 18.5 Å². The van der Waals surface area contributed by atoms with Crippen LogP contribution < -0.4 is 9.47 Å². The minimum absolute atomic E-state index is 0.113. The van der Waals surface area contributed by atoms with Crippen LogP contribution in [0.15, 0.2) is 24.3 Å². The number of rotatable bonds is 1. The highest BCUT2D eigenvalue weighted by molar-refractivity contribution is 5.62. The lowest BCUT2D eigenvalue weighted by Crippen LogP contribution is -2.42. The Hall–Kier alpha value is -2.03. The summed E-state index contributed by atoms with van der Waals surface area (Å²) in [6, 6.07) is 5.99. The van der Waals surface area contributed by atoms with Crippen molar-refractivity contribution in [1.82, 2.24) is 4.90 Å². The molecule has 120 valence electrons. The maximum atomic E-state index is 10.0. The molecular weight excluding hydrogens is 292 g/mol. The van der Waals surface area contributed by atoms with Crippen LogP contribution in [-0.2, 0) is 5.41 Å². The summed E-state index contributed by atoms with van der Waals surface area (Å²) in [5, 5.41) is 19.7. The van der Waals surface area contributed by atoms with Gasteiger partial charge in [-0.2, -0.15) is 5.26 Å². The maximum Gasteiger partial charge on any atom is 0.166 e. The van der Waals surface area contributed by atoms with Crippen molar-refractivity contribution in [3.05, 3.63) is 35.4 Å². The summed E-state index contributed by atoms with van der Waals surface area (Å²) in [5.41, 5.74) is 1.78. The lowest BCUT2D eigenvalue weighted by Gasteiger charge is -2.35. The van der Waals surface area contributed by atoms with E-state index < -0.39 is 6.10 Å². The van der Waals surface area contributed by atoms with Crippen molar-refractivity contribution in [2.45, 2.75) is 36.5 Å². The van der Waals surface area contributed by atoms with E-state index >= 15 is 0 Å². The first kappa shape index (κ1) is 14.6. The van der Waals surface area contributed by atoms with E-state index in [-0.39, 0.29) is 17.6 Å². The Morgan fingerprint density at radius 3 is 3.04 bits per heavy atom. The Bertz CT molecular complexity index is 724. The summed E-state index contributed by atoms with van der Waals surface area (Å²) in [6.45, 7) is 0.801. The molecule has 23 heavy (non-hydrogen) atoms. The minimum Gasteiger partial charge on any atom is -0.493 e. The van der Waals surface area contributed by atoms with Crippen LogP contribution in [-0.4, -0.2) is 42.9 Å². The van der Waals surface area contributed by atoms with Gasteiger partial charge in [0.05, 0.1) is 24.7 Å². The highest BCUT2D eigenvalue weighted by Gasteiger charge is 2.53. The van der Waals surface area contributed by atoms with E-state index in [0.29, 0.717) is 12.2 Å². The molecule has 5 nitrogen and oxygen atoms in total. The molecule has 0 saturated heterocycles. The SMILES string of the molecule is COc1ccc2c3c1O[C@@H]1CC(O)C=CC31CCN(C)[C@H]2C#N. The first-order valence-corrected chi connectivity index (χ1v) is 7.96. The summed E-state index contributed by atoms with van der Waals surface area (Å²) < 4.78 is 11.7. The normalized spacial score (nSPS) is 34.8. The van der Waals surface area contributed by atoms with Gasteiger partial charge in [0.2, 0.25) is 0 Å². The smallest absolute Gasteiger partial charge is 0.166 e. The van der Waals surface area contributed by atoms with Crippen molar-refractivity contribution >= 4 is 0 Å². The van der Waals surface area contributed by atoms with Crippen molar-refractivity contribution in [2.24, 2.45) is 0 Å². The summed E-state index contributed by atoms with van der Waals surface area (Å²) in [6.07, 6.45) is 4.79. The van der Waals surface area contributed by atoms with Gasteiger partial charge in [-0.1, -0.05) is 18.2 Å². The molecule has 1 aromatic carbocycles. The third-order valence-electron chi connectivity index (χ3n) is 5.48. The second-order valence-electron chi connectivity index (χ2n) is 6.63. The number of hydrogen-bond acceptors (Lipinski definition) is 5. The number of benzene rings is 1. The van der Waals surface area contributed by atoms with E-state index in [1.54, 1.807) is 7.11 Å². The number of nitrogens with zero attached hydrogens (tertiary/aromatic N) is 2. The molecule has 5 heteroatoms. The molecule has 0 fully saturated rings. The van der Waals surface area contributed by atoms with Crippen molar-refractivity contribution in [1.29, 1.82) is 5.26 Å². The van der Waals surface area contributed by atoms with E-state index in [9.17, 15) is 10.4 Å². The van der Waals surface area contributed by atoms with Gasteiger partial charge in [0.25, 0.3) is 0 Å². The molecule has 4 rings (SSSR count). The van der Waals surface area contributed by atoms with Gasteiger partial charge in [-0.15, -0.1) is 0 Å². The highest BCUT2D eigenvalue weighted by Crippen LogP contribution is 2.57. The van der Waals surface area contributed by atoms with Crippen LogP contribution >= 0.6 is 0 Å². The van der Waals surface area contributed by atoms with Gasteiger partial charge in [0.1, 0.15) is 12.1 Å². The molecule has 0 amide bonds. The number of aliphatic hydroxyl groups is 1. The van der Waals surface area contributed by atoms with Gasteiger partial charge in [-0.05, 0) is 25.1 Å². The molecule has 0 aromatic heterocycles. The van der Waals surface area contributed by atoms with Crippen LogP contribution in [0, 0.1) is 11.3 Å². The number of nitriles is 1. The first-order valence-electron chi connectivity index (χ1n) is 7.96. The Morgan fingerprint density at radius 2 is 2.30 bits per heavy atom. The molecule has 2 heterocycles. The average Bonchev–Trinajstić information content (AvgIpc) is 2.82. The Labute approximate surface area is 135 Å². The summed E-state index contributed by atoms with van der Waals surface area (Å²) in [5.74, 6) is 1.44. The number of methoxy groups -OCH3 is 1. The number of ether oxygens (including phenoxy) is 2. The maximum absolute atomic E-state index is 10.0. The third-order valence-corrected chi connectivity index (χ3v) is 5.48. The van der Waals surface area contributed by atoms with Gasteiger partial charge in [0.15, 0.2) is 11.5 Å². The van der Waals surface area contributed by atoms with Crippen LogP contribution in [0.3, 0.4) is 0 Å². The van der Waals surface area contributed by atoms with E-state index in [4.69, 9.17) is 9.47 Å². The molecule has 3 aliphatic rings. The quantitative estimate of drug-likeness (QED) is 0.803. The zero-order valence-electron chi connectivity index (χ0n) is 13.3. The van der Waals surface area contributed by atoms with Gasteiger partial charge in [-0.3, -0.25) is 4.90 Å². The van der Waals surface area contributed by atoms with E-state index in [2.05, 4.69) is 17.0 Å². The molecule has 2 aliphatic heterocycles. The van der Waals surface area contributed by atoms with Crippen LogP contribution in [0.5, 0.6) is 11.5 Å². The number of aliphatic hydroxyl groups excluding tert-OH is 1. The Kier molecular flexibility index (Phi) is 3.15. The second-order valence-corrected chi connectivity index (χ2v) is 6.63. The monoisotopic (exact) mass is 312 g/mol. The van der Waals surface area contributed by atoms with Crippen LogP contribution in [0.25, 0.3) is 0 Å². The average molecular weight is 312 g/mol. The predicted molar refractivity (Wildman–Crippen MR) is 84.5 cm³/mol. The van der Waals surface area contributed by atoms with Crippen LogP contribution in [0.1, 0.15) is 30.0 Å². The summed E-state index contributed by atoms with van der Waals surface area (Å²) >= 11 is 0. The fraction of sp³-hybridized carbons (Fsp3) is 0.500. The summed E-state index contributed by atoms with van der Waals surface area (Å²) in [7, 11) is 3.62. The van der Waals surface area contributed by atoms with E-state index in [1.807, 2.05) is 25.3 Å². The fourth-order valence-corrected chi connectivity index (χ4v) is 4.27. The second kappa shape index (κ2) is 4.98. The topological polar surface area (TPSA) is 65.7 Å². The molecule has 0 radical (unpaired) electrons. The zero-order chi connectivity index (χ0) is 16.2. The van der Waals surface area contributed by atoms with Crippen LogP contribution in [0.4, 0.5) is 0 Å². The van der Waals surface area contributed by atoms with Crippen molar-refractivity contribution in [3.8, 4) is 17.6 Å². The van der Waals surface area contributed by atoms with Gasteiger partial charge in [-0.25, -0.2) is 0 Å². The molecule has 1 spiro atoms. The van der Waals surface area contributed by atoms with Crippen molar-refractivity contribution in [3.63, 3.8) is 0 Å². The van der Waals surface area contributed by atoms with Gasteiger partial charge < -0.3 is 14.6 Å². The van der Waals surface area contributed by atoms with Gasteiger partial charge >= 0.3 is 0 Å². The molecule has 1 aromatic rings. The number of hydrogen-bond donors (Lipinski definition) is 1. The van der Waals surface area contributed by atoms with E-state index in [1.165, 1.54) is 0 Å². The van der Waals surface area contributed by atoms with E-state index in [0.717, 1.165) is 29.8 Å². The minimum atomic E-state index is -0.484. The Morgan fingerprint density at radius 1 is 1.48 bits per heavy atom. The van der Waals surface area contributed by atoms with Crippen LogP contribution in [0.2, 0.25) is 0 Å². The molecule has 2 unspecified atom stereocenters. The largest absolute Gasteiger partial charge is 0.493 e. The molecular formula is C18H20N2O3. The summed E-state index contributed by atoms with van der Waals surface area (Å²) in [4.78, 5) is 2.09. The highest BCUT2D eigenvalue weighted by atomic mass is 16.5. The van der Waals surface area contributed by atoms with Crippen molar-refractivity contribution < 1.29 is 14.6 Å². The lowest BCUT2D eigenvalue weighted by molar-refractivity contribution is 0.0817. The standard InChI is InChI=1S/C18H20N2O3/c1-20-8-7-18-6-5-11(21)9-15(18)23-17-14(22-2)4-3-12(16(17)18)13(20)10-19/h3-6,11,13,15,21H,7-9H2,1-2H3/t11?,13-,15+,18?/m0/s1. The molecule has 0 saturated carbocycles.